The Labute approximate surface area is 113 Å². The Morgan fingerprint density at radius 1 is 1.47 bits per heavy atom. The van der Waals surface area contributed by atoms with Gasteiger partial charge in [0.2, 0.25) is 0 Å². The molecular weight excluding hydrogens is 238 g/mol. The molecule has 2 heterocycles. The van der Waals surface area contributed by atoms with Crippen molar-refractivity contribution >= 4 is 11.0 Å². The van der Waals surface area contributed by atoms with E-state index in [1.807, 2.05) is 12.1 Å². The van der Waals surface area contributed by atoms with Crippen molar-refractivity contribution in [2.75, 3.05) is 20.2 Å². The van der Waals surface area contributed by atoms with Crippen LogP contribution in [0.2, 0.25) is 0 Å². The lowest BCUT2D eigenvalue weighted by Gasteiger charge is -2.22. The molecule has 0 aliphatic carbocycles. The van der Waals surface area contributed by atoms with E-state index in [9.17, 15) is 0 Å². The minimum absolute atomic E-state index is 0.704. The molecule has 2 aromatic rings. The number of hydrogen-bond acceptors (Lipinski definition) is 3. The lowest BCUT2D eigenvalue weighted by molar-refractivity contribution is 0.368. The highest BCUT2D eigenvalue weighted by atomic mass is 16.5. The minimum Gasteiger partial charge on any atom is -0.494 e. The van der Waals surface area contributed by atoms with Gasteiger partial charge in [0.05, 0.1) is 12.6 Å². The van der Waals surface area contributed by atoms with Gasteiger partial charge in [0.25, 0.3) is 0 Å². The van der Waals surface area contributed by atoms with Crippen molar-refractivity contribution in [3.8, 4) is 5.75 Å². The number of methoxy groups -OCH3 is 1. The molecule has 1 unspecified atom stereocenters. The Morgan fingerprint density at radius 3 is 3.11 bits per heavy atom. The monoisotopic (exact) mass is 259 g/mol. The molecule has 0 saturated carbocycles. The van der Waals surface area contributed by atoms with Gasteiger partial charge in [-0.1, -0.05) is 6.07 Å². The van der Waals surface area contributed by atoms with Crippen LogP contribution < -0.4 is 10.1 Å². The number of aromatic nitrogens is 2. The van der Waals surface area contributed by atoms with Gasteiger partial charge in [-0.05, 0) is 44.0 Å². The first-order valence-corrected chi connectivity index (χ1v) is 6.98. The summed E-state index contributed by atoms with van der Waals surface area (Å²) in [5, 5.41) is 3.47. The SMILES string of the molecule is COc1cccc2c1nc(CC1CCCNC1)n2C. The molecule has 1 saturated heterocycles. The quantitative estimate of drug-likeness (QED) is 0.917. The predicted octanol–water partition coefficient (Wildman–Crippen LogP) is 2.12. The van der Waals surface area contributed by atoms with Crippen LogP contribution in [-0.2, 0) is 13.5 Å². The van der Waals surface area contributed by atoms with Gasteiger partial charge < -0.3 is 14.6 Å². The van der Waals surface area contributed by atoms with Crippen LogP contribution in [0.3, 0.4) is 0 Å². The Hall–Kier alpha value is -1.55. The number of aryl methyl sites for hydroxylation is 1. The fraction of sp³-hybridized carbons (Fsp3) is 0.533. The maximum Gasteiger partial charge on any atom is 0.146 e. The second-order valence-electron chi connectivity index (χ2n) is 5.33. The second-order valence-corrected chi connectivity index (χ2v) is 5.33. The molecule has 0 radical (unpaired) electrons. The first-order chi connectivity index (χ1) is 9.29. The summed E-state index contributed by atoms with van der Waals surface area (Å²) in [7, 11) is 3.80. The maximum atomic E-state index is 5.40. The van der Waals surface area contributed by atoms with Crippen LogP contribution >= 0.6 is 0 Å². The summed E-state index contributed by atoms with van der Waals surface area (Å²) in [6.07, 6.45) is 3.62. The molecule has 1 N–H and O–H groups in total. The molecule has 102 valence electrons. The molecule has 1 fully saturated rings. The predicted molar refractivity (Wildman–Crippen MR) is 76.6 cm³/mol. The first kappa shape index (κ1) is 12.5. The molecule has 19 heavy (non-hydrogen) atoms. The summed E-state index contributed by atoms with van der Waals surface area (Å²) in [4.78, 5) is 4.79. The molecule has 1 aliphatic heterocycles. The van der Waals surface area contributed by atoms with Crippen molar-refractivity contribution in [1.29, 1.82) is 0 Å². The lowest BCUT2D eigenvalue weighted by Crippen LogP contribution is -2.31. The molecule has 0 bridgehead atoms. The summed E-state index contributed by atoms with van der Waals surface area (Å²) >= 11 is 0. The van der Waals surface area contributed by atoms with Crippen molar-refractivity contribution in [2.24, 2.45) is 13.0 Å². The number of nitrogens with zero attached hydrogens (tertiary/aromatic N) is 2. The van der Waals surface area contributed by atoms with Crippen LogP contribution in [0.15, 0.2) is 18.2 Å². The topological polar surface area (TPSA) is 39.1 Å². The van der Waals surface area contributed by atoms with Crippen molar-refractivity contribution in [3.05, 3.63) is 24.0 Å². The number of ether oxygens (including phenoxy) is 1. The van der Waals surface area contributed by atoms with Crippen molar-refractivity contribution in [1.82, 2.24) is 14.9 Å². The summed E-state index contributed by atoms with van der Waals surface area (Å²) in [6, 6.07) is 6.10. The van der Waals surface area contributed by atoms with Gasteiger partial charge in [-0.25, -0.2) is 4.98 Å². The molecule has 1 aromatic heterocycles. The number of rotatable bonds is 3. The van der Waals surface area contributed by atoms with Gasteiger partial charge in [-0.15, -0.1) is 0 Å². The average molecular weight is 259 g/mol. The molecule has 1 aliphatic rings. The molecule has 0 spiro atoms. The molecule has 4 nitrogen and oxygen atoms in total. The van der Waals surface area contributed by atoms with Crippen molar-refractivity contribution in [3.63, 3.8) is 0 Å². The van der Waals surface area contributed by atoms with Crippen molar-refractivity contribution in [2.45, 2.75) is 19.3 Å². The Balaban J connectivity index is 1.93. The minimum atomic E-state index is 0.704. The van der Waals surface area contributed by atoms with E-state index in [0.29, 0.717) is 5.92 Å². The first-order valence-electron chi connectivity index (χ1n) is 6.98. The normalized spacial score (nSPS) is 19.8. The molecule has 1 atom stereocenters. The molecular formula is C15H21N3O. The number of hydrogen-bond donors (Lipinski definition) is 1. The molecule has 4 heteroatoms. The van der Waals surface area contributed by atoms with Gasteiger partial charge in [0.1, 0.15) is 17.1 Å². The Bertz CT molecular complexity index is 570. The van der Waals surface area contributed by atoms with E-state index >= 15 is 0 Å². The third-order valence-electron chi connectivity index (χ3n) is 4.06. The number of nitrogens with one attached hydrogen (secondary N) is 1. The fourth-order valence-electron chi connectivity index (χ4n) is 2.94. The number of para-hydroxylation sites is 1. The standard InChI is InChI=1S/C15H21N3O/c1-18-12-6-3-7-13(19-2)15(12)17-14(18)9-11-5-4-8-16-10-11/h3,6-7,11,16H,4-5,8-10H2,1-2H3. The van der Waals surface area contributed by atoms with E-state index in [-0.39, 0.29) is 0 Å². The average Bonchev–Trinajstić information content (AvgIpc) is 2.77. The van der Waals surface area contributed by atoms with Gasteiger partial charge in [0.15, 0.2) is 0 Å². The molecule has 1 aromatic carbocycles. The smallest absolute Gasteiger partial charge is 0.146 e. The summed E-state index contributed by atoms with van der Waals surface area (Å²) < 4.78 is 7.60. The van der Waals surface area contributed by atoms with E-state index in [1.54, 1.807) is 7.11 Å². The van der Waals surface area contributed by atoms with E-state index in [1.165, 1.54) is 12.8 Å². The second kappa shape index (κ2) is 5.21. The number of imidazole rings is 1. The van der Waals surface area contributed by atoms with E-state index in [2.05, 4.69) is 23.0 Å². The van der Waals surface area contributed by atoms with E-state index in [0.717, 1.165) is 42.1 Å². The Morgan fingerprint density at radius 2 is 2.37 bits per heavy atom. The number of benzene rings is 1. The zero-order valence-corrected chi connectivity index (χ0v) is 11.6. The third-order valence-corrected chi connectivity index (χ3v) is 4.06. The van der Waals surface area contributed by atoms with Crippen LogP contribution in [0, 0.1) is 5.92 Å². The van der Waals surface area contributed by atoms with Gasteiger partial charge >= 0.3 is 0 Å². The van der Waals surface area contributed by atoms with Gasteiger partial charge in [-0.3, -0.25) is 0 Å². The van der Waals surface area contributed by atoms with Crippen molar-refractivity contribution < 1.29 is 4.74 Å². The van der Waals surface area contributed by atoms with Crippen LogP contribution in [0.4, 0.5) is 0 Å². The van der Waals surface area contributed by atoms with Crippen LogP contribution in [0.1, 0.15) is 18.7 Å². The van der Waals surface area contributed by atoms with Crippen LogP contribution in [0.25, 0.3) is 11.0 Å². The summed E-state index contributed by atoms with van der Waals surface area (Å²) in [6.45, 7) is 2.27. The van der Waals surface area contributed by atoms with E-state index in [4.69, 9.17) is 9.72 Å². The largest absolute Gasteiger partial charge is 0.494 e. The third kappa shape index (κ3) is 2.32. The maximum absolute atomic E-state index is 5.40. The van der Waals surface area contributed by atoms with Crippen LogP contribution in [-0.4, -0.2) is 29.8 Å². The molecule has 3 rings (SSSR count). The number of fused-ring (bicyclic) bond motifs is 1. The number of piperidine rings is 1. The summed E-state index contributed by atoms with van der Waals surface area (Å²) in [5.74, 6) is 2.73. The fourth-order valence-corrected chi connectivity index (χ4v) is 2.94. The highest BCUT2D eigenvalue weighted by molar-refractivity contribution is 5.82. The zero-order chi connectivity index (χ0) is 13.2. The highest BCUT2D eigenvalue weighted by Crippen LogP contribution is 2.26. The zero-order valence-electron chi connectivity index (χ0n) is 11.6. The lowest BCUT2D eigenvalue weighted by atomic mass is 9.96. The summed E-state index contributed by atoms with van der Waals surface area (Å²) in [5.41, 5.74) is 2.13. The molecule has 0 amide bonds. The van der Waals surface area contributed by atoms with E-state index < -0.39 is 0 Å². The Kier molecular flexibility index (Phi) is 3.42. The highest BCUT2D eigenvalue weighted by Gasteiger charge is 2.18. The van der Waals surface area contributed by atoms with Crippen LogP contribution in [0.5, 0.6) is 5.75 Å². The van der Waals surface area contributed by atoms with Gasteiger partial charge in [-0.2, -0.15) is 0 Å². The van der Waals surface area contributed by atoms with Gasteiger partial charge in [0, 0.05) is 13.5 Å².